The third-order valence-corrected chi connectivity index (χ3v) is 4.37. The highest BCUT2D eigenvalue weighted by Gasteiger charge is 2.11. The molecule has 4 heteroatoms. The molecule has 0 saturated heterocycles. The zero-order valence-electron chi connectivity index (χ0n) is 9.54. The van der Waals surface area contributed by atoms with Crippen LogP contribution >= 0.6 is 50.1 Å². The van der Waals surface area contributed by atoms with Gasteiger partial charge in [0.1, 0.15) is 0 Å². The summed E-state index contributed by atoms with van der Waals surface area (Å²) in [7, 11) is 0. The highest BCUT2D eigenvalue weighted by atomic mass is 127. The zero-order chi connectivity index (χ0) is 13.1. The summed E-state index contributed by atoms with van der Waals surface area (Å²) in [4.78, 5) is 0. The van der Waals surface area contributed by atoms with Gasteiger partial charge in [0.05, 0.1) is 0 Å². The summed E-state index contributed by atoms with van der Waals surface area (Å²) in [5, 5.41) is 0.753. The van der Waals surface area contributed by atoms with Gasteiger partial charge in [0, 0.05) is 19.1 Å². The molecule has 1 nitrogen and oxygen atoms in total. The Morgan fingerprint density at radius 1 is 1.17 bits per heavy atom. The van der Waals surface area contributed by atoms with Crippen LogP contribution in [0.2, 0.25) is 5.02 Å². The molecule has 0 amide bonds. The monoisotopic (exact) mass is 435 g/mol. The number of hydrogen-bond donors (Lipinski definition) is 1. The van der Waals surface area contributed by atoms with Crippen LogP contribution in [0.25, 0.3) is 0 Å². The molecule has 2 aromatic carbocycles. The largest absolute Gasteiger partial charge is 0.324 e. The van der Waals surface area contributed by atoms with Crippen molar-refractivity contribution in [3.05, 3.63) is 66.7 Å². The van der Waals surface area contributed by atoms with Crippen LogP contribution in [0.5, 0.6) is 0 Å². The quantitative estimate of drug-likeness (QED) is 0.677. The van der Waals surface area contributed by atoms with Crippen LogP contribution in [0, 0.1) is 3.57 Å². The Balaban J connectivity index is 2.18. The molecule has 0 radical (unpaired) electrons. The van der Waals surface area contributed by atoms with Crippen LogP contribution in [-0.4, -0.2) is 0 Å². The van der Waals surface area contributed by atoms with Gasteiger partial charge in [0.15, 0.2) is 0 Å². The van der Waals surface area contributed by atoms with Gasteiger partial charge in [-0.15, -0.1) is 0 Å². The lowest BCUT2D eigenvalue weighted by atomic mass is 10.00. The number of benzene rings is 2. The zero-order valence-corrected chi connectivity index (χ0v) is 14.0. The second-order valence-electron chi connectivity index (χ2n) is 4.10. The lowest BCUT2D eigenvalue weighted by Gasteiger charge is -2.14. The number of hydrogen-bond acceptors (Lipinski definition) is 1. The topological polar surface area (TPSA) is 26.0 Å². The summed E-state index contributed by atoms with van der Waals surface area (Å²) < 4.78 is 2.25. The van der Waals surface area contributed by atoms with Crippen LogP contribution in [0.1, 0.15) is 17.2 Å². The van der Waals surface area contributed by atoms with E-state index in [1.807, 2.05) is 30.3 Å². The van der Waals surface area contributed by atoms with Crippen LogP contribution < -0.4 is 5.73 Å². The molecule has 0 aromatic heterocycles. The maximum atomic E-state index is 6.27. The van der Waals surface area contributed by atoms with Crippen molar-refractivity contribution in [1.82, 2.24) is 0 Å². The van der Waals surface area contributed by atoms with Crippen molar-refractivity contribution >= 4 is 50.1 Å². The van der Waals surface area contributed by atoms with Crippen molar-refractivity contribution < 1.29 is 0 Å². The molecule has 2 N–H and O–H groups in total. The molecule has 1 atom stereocenters. The van der Waals surface area contributed by atoms with E-state index in [-0.39, 0.29) is 6.04 Å². The first-order valence-corrected chi connectivity index (χ1v) is 7.76. The second-order valence-corrected chi connectivity index (χ2v) is 6.64. The van der Waals surface area contributed by atoms with Crippen molar-refractivity contribution in [2.24, 2.45) is 5.73 Å². The van der Waals surface area contributed by atoms with Gasteiger partial charge in [-0.3, -0.25) is 0 Å². The fraction of sp³-hybridized carbons (Fsp3) is 0.143. The van der Waals surface area contributed by atoms with Crippen LogP contribution in [0.3, 0.4) is 0 Å². The predicted octanol–water partition coefficient (Wildman–Crippen LogP) is 4.95. The molecular formula is C14H12BrClIN. The second kappa shape index (κ2) is 6.37. The molecule has 94 valence electrons. The van der Waals surface area contributed by atoms with Crippen molar-refractivity contribution in [3.63, 3.8) is 0 Å². The fourth-order valence-electron chi connectivity index (χ4n) is 1.78. The maximum Gasteiger partial charge on any atom is 0.0406 e. The summed E-state index contributed by atoms with van der Waals surface area (Å²) in [6.07, 6.45) is 0.801. The van der Waals surface area contributed by atoms with E-state index in [1.165, 1.54) is 9.13 Å². The molecule has 0 fully saturated rings. The van der Waals surface area contributed by atoms with Gasteiger partial charge in [-0.25, -0.2) is 0 Å². The minimum atomic E-state index is -0.0183. The summed E-state index contributed by atoms with van der Waals surface area (Å²) >= 11 is 11.7. The van der Waals surface area contributed by atoms with Gasteiger partial charge in [0.25, 0.3) is 0 Å². The maximum absolute atomic E-state index is 6.27. The van der Waals surface area contributed by atoms with Crippen LogP contribution in [-0.2, 0) is 6.42 Å². The Hall–Kier alpha value is -0.100. The Labute approximate surface area is 134 Å². The van der Waals surface area contributed by atoms with E-state index in [2.05, 4.69) is 50.7 Å². The highest BCUT2D eigenvalue weighted by Crippen LogP contribution is 2.26. The summed E-state index contributed by atoms with van der Waals surface area (Å²) in [6, 6.07) is 14.0. The van der Waals surface area contributed by atoms with E-state index in [0.29, 0.717) is 0 Å². The average Bonchev–Trinajstić information content (AvgIpc) is 2.35. The van der Waals surface area contributed by atoms with Gasteiger partial charge in [0.2, 0.25) is 0 Å². The van der Waals surface area contributed by atoms with Crippen molar-refractivity contribution in [1.29, 1.82) is 0 Å². The summed E-state index contributed by atoms with van der Waals surface area (Å²) in [5.41, 5.74) is 8.60. The molecule has 0 heterocycles. The minimum Gasteiger partial charge on any atom is -0.324 e. The van der Waals surface area contributed by atoms with E-state index >= 15 is 0 Å². The van der Waals surface area contributed by atoms with E-state index in [1.54, 1.807) is 0 Å². The van der Waals surface area contributed by atoms with E-state index in [4.69, 9.17) is 17.3 Å². The predicted molar refractivity (Wildman–Crippen MR) is 88.9 cm³/mol. The first-order valence-electron chi connectivity index (χ1n) is 5.51. The summed E-state index contributed by atoms with van der Waals surface area (Å²) in [6.45, 7) is 0. The Kier molecular flexibility index (Phi) is 5.06. The van der Waals surface area contributed by atoms with E-state index in [9.17, 15) is 0 Å². The molecule has 0 saturated carbocycles. The lowest BCUT2D eigenvalue weighted by molar-refractivity contribution is 0.718. The van der Waals surface area contributed by atoms with Crippen molar-refractivity contribution in [2.75, 3.05) is 0 Å². The standard InChI is InChI=1S/C14H12BrClIN/c15-13-6-5-11(17)8-12(13)14(18)7-9-1-3-10(16)4-2-9/h1-6,8,14H,7,18H2. The van der Waals surface area contributed by atoms with Crippen molar-refractivity contribution in [3.8, 4) is 0 Å². The smallest absolute Gasteiger partial charge is 0.0406 e. The number of halogens is 3. The van der Waals surface area contributed by atoms with Gasteiger partial charge in [-0.05, 0) is 70.5 Å². The lowest BCUT2D eigenvalue weighted by Crippen LogP contribution is -2.14. The Bertz CT molecular complexity index is 542. The van der Waals surface area contributed by atoms with E-state index < -0.39 is 0 Å². The first kappa shape index (κ1) is 14.3. The summed E-state index contributed by atoms with van der Waals surface area (Å²) in [5.74, 6) is 0. The average molecular weight is 437 g/mol. The first-order chi connectivity index (χ1) is 8.56. The molecule has 0 aliphatic rings. The van der Waals surface area contributed by atoms with Crippen LogP contribution in [0.15, 0.2) is 46.9 Å². The molecule has 2 aromatic rings. The molecule has 18 heavy (non-hydrogen) atoms. The highest BCUT2D eigenvalue weighted by molar-refractivity contribution is 14.1. The Morgan fingerprint density at radius 3 is 2.50 bits per heavy atom. The number of nitrogens with two attached hydrogens (primary N) is 1. The molecule has 0 aliphatic heterocycles. The third-order valence-electron chi connectivity index (χ3n) is 2.73. The molecule has 0 spiro atoms. The van der Waals surface area contributed by atoms with Crippen LogP contribution in [0.4, 0.5) is 0 Å². The normalized spacial score (nSPS) is 12.4. The number of rotatable bonds is 3. The van der Waals surface area contributed by atoms with Gasteiger partial charge in [-0.2, -0.15) is 0 Å². The molecular weight excluding hydrogens is 424 g/mol. The van der Waals surface area contributed by atoms with Gasteiger partial charge < -0.3 is 5.73 Å². The molecule has 0 bridgehead atoms. The minimum absolute atomic E-state index is 0.0183. The molecule has 2 rings (SSSR count). The fourth-order valence-corrected chi connectivity index (χ4v) is 2.97. The van der Waals surface area contributed by atoms with Crippen molar-refractivity contribution in [2.45, 2.75) is 12.5 Å². The SMILES string of the molecule is NC(Cc1ccc(Cl)cc1)c1cc(I)ccc1Br. The molecule has 1 unspecified atom stereocenters. The van der Waals surface area contributed by atoms with Gasteiger partial charge >= 0.3 is 0 Å². The molecule has 0 aliphatic carbocycles. The third kappa shape index (κ3) is 3.70. The Morgan fingerprint density at radius 2 is 1.83 bits per heavy atom. The van der Waals surface area contributed by atoms with E-state index in [0.717, 1.165) is 21.5 Å². The van der Waals surface area contributed by atoms with Gasteiger partial charge in [-0.1, -0.05) is 39.7 Å².